The molecule has 1 aliphatic rings. The number of rotatable bonds is 38. The lowest BCUT2D eigenvalue weighted by atomic mass is 9.85. The molecule has 0 aromatic carbocycles. The second kappa shape index (κ2) is 37.6. The minimum atomic E-state index is -5.03. The van der Waals surface area contributed by atoms with E-state index in [2.05, 4.69) is 74.6 Å². The van der Waals surface area contributed by atoms with E-state index in [4.69, 9.17) is 18.5 Å². The summed E-state index contributed by atoms with van der Waals surface area (Å²) in [5, 5.41) is 50.2. The monoisotopic (exact) mass is 871 g/mol. The molecular weight excluding hydrogens is 787 g/mol. The molecule has 12 nitrogen and oxygen atoms in total. The Bertz CT molecular complexity index is 1220. The van der Waals surface area contributed by atoms with Crippen molar-refractivity contribution in [1.82, 2.24) is 0 Å². The summed E-state index contributed by atoms with van der Waals surface area (Å²) in [6, 6.07) is 0. The molecule has 0 amide bonds. The van der Waals surface area contributed by atoms with Crippen molar-refractivity contribution in [3.8, 4) is 0 Å². The molecule has 13 heteroatoms. The largest absolute Gasteiger partial charge is 0.472 e. The van der Waals surface area contributed by atoms with E-state index in [0.717, 1.165) is 109 Å². The number of allylic oxidation sites excluding steroid dienone is 10. The van der Waals surface area contributed by atoms with Crippen LogP contribution in [0.5, 0.6) is 0 Å². The first kappa shape index (κ1) is 56.1. The maximum Gasteiger partial charge on any atom is 0.472 e. The van der Waals surface area contributed by atoms with Gasteiger partial charge in [-0.1, -0.05) is 145 Å². The minimum absolute atomic E-state index is 0.0920. The number of hydrogen-bond donors (Lipinski definition) is 6. The van der Waals surface area contributed by atoms with Gasteiger partial charge in [-0.25, -0.2) is 4.57 Å². The lowest BCUT2D eigenvalue weighted by Crippen LogP contribution is -2.64. The average molecular weight is 871 g/mol. The van der Waals surface area contributed by atoms with E-state index in [1.807, 2.05) is 0 Å². The number of hydrogen-bond acceptors (Lipinski definition) is 11. The molecule has 6 unspecified atom stereocenters. The molecule has 60 heavy (non-hydrogen) atoms. The molecule has 0 spiro atoms. The fourth-order valence-electron chi connectivity index (χ4n) is 6.63. The van der Waals surface area contributed by atoms with E-state index in [9.17, 15) is 39.8 Å². The number of aliphatic hydroxyl groups is 5. The van der Waals surface area contributed by atoms with Crippen LogP contribution in [0.15, 0.2) is 60.8 Å². The Morgan fingerprint density at radius 2 is 0.967 bits per heavy atom. The van der Waals surface area contributed by atoms with Gasteiger partial charge < -0.3 is 39.9 Å². The summed E-state index contributed by atoms with van der Waals surface area (Å²) in [6.07, 6.45) is 34.2. The van der Waals surface area contributed by atoms with Crippen LogP contribution in [0.4, 0.5) is 0 Å². The van der Waals surface area contributed by atoms with Gasteiger partial charge in [-0.15, -0.1) is 0 Å². The maximum atomic E-state index is 12.8. The van der Waals surface area contributed by atoms with Crippen molar-refractivity contribution >= 4 is 13.8 Å². The van der Waals surface area contributed by atoms with Crippen molar-refractivity contribution in [2.45, 2.75) is 211 Å². The van der Waals surface area contributed by atoms with Crippen molar-refractivity contribution in [2.75, 3.05) is 19.8 Å². The number of esters is 1. The van der Waals surface area contributed by atoms with Crippen LogP contribution >= 0.6 is 7.82 Å². The maximum absolute atomic E-state index is 12.8. The van der Waals surface area contributed by atoms with Crippen LogP contribution in [0.3, 0.4) is 0 Å². The molecule has 0 bridgehead atoms. The number of phosphoric acid groups is 1. The summed E-state index contributed by atoms with van der Waals surface area (Å²) in [5.41, 5.74) is 0. The van der Waals surface area contributed by atoms with Gasteiger partial charge in [-0.2, -0.15) is 0 Å². The smallest absolute Gasteiger partial charge is 0.457 e. The Morgan fingerprint density at radius 1 is 0.533 bits per heavy atom. The van der Waals surface area contributed by atoms with Gasteiger partial charge in [0.15, 0.2) is 0 Å². The van der Waals surface area contributed by atoms with E-state index >= 15 is 0 Å². The number of aliphatic hydroxyl groups excluding tert-OH is 5. The zero-order chi connectivity index (χ0) is 44.1. The van der Waals surface area contributed by atoms with Gasteiger partial charge in [-0.05, 0) is 77.0 Å². The van der Waals surface area contributed by atoms with E-state index in [1.165, 1.54) is 32.1 Å². The van der Waals surface area contributed by atoms with Crippen LogP contribution in [0.2, 0.25) is 0 Å². The molecule has 1 saturated carbocycles. The van der Waals surface area contributed by atoms with Crippen molar-refractivity contribution in [2.24, 2.45) is 0 Å². The fraction of sp³-hybridized carbons (Fsp3) is 0.766. The summed E-state index contributed by atoms with van der Waals surface area (Å²) in [4.78, 5) is 23.2. The highest BCUT2D eigenvalue weighted by molar-refractivity contribution is 7.47. The third-order valence-electron chi connectivity index (χ3n) is 10.3. The van der Waals surface area contributed by atoms with Gasteiger partial charge in [0.1, 0.15) is 42.7 Å². The van der Waals surface area contributed by atoms with Crippen molar-refractivity contribution in [3.05, 3.63) is 60.8 Å². The summed E-state index contributed by atoms with van der Waals surface area (Å²) in [7, 11) is -5.03. The number of phosphoric ester groups is 1. The second-order valence-corrected chi connectivity index (χ2v) is 17.3. The van der Waals surface area contributed by atoms with Crippen LogP contribution < -0.4 is 0 Å². The van der Waals surface area contributed by atoms with Gasteiger partial charge in [0.25, 0.3) is 0 Å². The first-order chi connectivity index (χ1) is 29.0. The van der Waals surface area contributed by atoms with E-state index in [-0.39, 0.29) is 13.0 Å². The quantitative estimate of drug-likeness (QED) is 0.0149. The highest BCUT2D eigenvalue weighted by Gasteiger charge is 2.51. The van der Waals surface area contributed by atoms with Crippen molar-refractivity contribution in [3.63, 3.8) is 0 Å². The van der Waals surface area contributed by atoms with Gasteiger partial charge in [0, 0.05) is 13.0 Å². The third kappa shape index (κ3) is 29.4. The zero-order valence-corrected chi connectivity index (χ0v) is 37.9. The predicted molar refractivity (Wildman–Crippen MR) is 239 cm³/mol. The third-order valence-corrected chi connectivity index (χ3v) is 11.3. The lowest BCUT2D eigenvalue weighted by molar-refractivity contribution is -0.220. The number of carbonyl (C=O) groups excluding carboxylic acids is 1. The molecule has 0 saturated heterocycles. The van der Waals surface area contributed by atoms with Crippen molar-refractivity contribution < 1.29 is 58.3 Å². The van der Waals surface area contributed by atoms with Crippen LogP contribution in [-0.4, -0.2) is 98.9 Å². The van der Waals surface area contributed by atoms with Crippen LogP contribution in [-0.2, 0) is 27.9 Å². The molecule has 1 fully saturated rings. The fourth-order valence-corrected chi connectivity index (χ4v) is 7.61. The Morgan fingerprint density at radius 3 is 1.48 bits per heavy atom. The Kier molecular flexibility index (Phi) is 35.1. The first-order valence-electron chi connectivity index (χ1n) is 23.1. The molecule has 0 aliphatic heterocycles. The van der Waals surface area contributed by atoms with E-state index in [0.29, 0.717) is 13.0 Å². The second-order valence-electron chi connectivity index (χ2n) is 15.9. The van der Waals surface area contributed by atoms with Gasteiger partial charge >= 0.3 is 13.8 Å². The van der Waals surface area contributed by atoms with E-state index in [1.54, 1.807) is 0 Å². The van der Waals surface area contributed by atoms with Gasteiger partial charge in [0.05, 0.1) is 13.2 Å². The zero-order valence-electron chi connectivity index (χ0n) is 37.0. The van der Waals surface area contributed by atoms with Crippen LogP contribution in [0, 0.1) is 0 Å². The molecule has 1 rings (SSSR count). The molecule has 0 aromatic rings. The molecule has 6 atom stereocenters. The minimum Gasteiger partial charge on any atom is -0.457 e. The summed E-state index contributed by atoms with van der Waals surface area (Å²) >= 11 is 0. The summed E-state index contributed by atoms with van der Waals surface area (Å²) in [5.74, 6) is -0.496. The number of carbonyl (C=O) groups is 1. The summed E-state index contributed by atoms with van der Waals surface area (Å²) < 4.78 is 34.1. The van der Waals surface area contributed by atoms with E-state index < -0.39 is 63.1 Å². The molecule has 348 valence electrons. The Hall–Kier alpha value is -1.96. The highest BCUT2D eigenvalue weighted by atomic mass is 31.2. The Labute approximate surface area is 362 Å². The predicted octanol–water partition coefficient (Wildman–Crippen LogP) is 9.42. The molecule has 1 aliphatic carbocycles. The number of unbranched alkanes of at least 4 members (excludes halogenated alkanes) is 16. The van der Waals surface area contributed by atoms with Crippen LogP contribution in [0.1, 0.15) is 168 Å². The lowest BCUT2D eigenvalue weighted by Gasteiger charge is -2.41. The topological polar surface area (TPSA) is 192 Å². The SMILES string of the molecule is CCC/C=C\C/C=C\CCCCCCCCOCC(COP(=O)(O)OC1C(O)C(O)C(O)C(O)C1O)OC(=O)CCCCCCCC/C=C\C/C=C\C/C=C\CCCCC. The Balaban J connectivity index is 2.41. The van der Waals surface area contributed by atoms with Gasteiger partial charge in [-0.3, -0.25) is 13.8 Å². The normalized spacial score (nSPS) is 22.9. The molecule has 0 heterocycles. The highest BCUT2D eigenvalue weighted by Crippen LogP contribution is 2.47. The molecule has 0 aromatic heterocycles. The van der Waals surface area contributed by atoms with Crippen LogP contribution in [0.25, 0.3) is 0 Å². The number of ether oxygens (including phenoxy) is 2. The summed E-state index contributed by atoms with van der Waals surface area (Å²) in [6.45, 7) is 4.12. The standard InChI is InChI=1S/C47H83O12P/c1-3-5-7-9-11-13-15-17-19-20-21-22-23-24-26-28-30-32-34-36-41(48)58-40(38-56-37-35-33-31-29-27-25-18-16-14-12-10-8-6-4-2)39-57-60(54,55)59-47-45(52)43(50)42(49)44(51)46(47)53/h8,10-11,13-14,16-17,19,21-22,40,42-47,49-53H,3-7,9,12,15,18,20,23-39H2,1-2H3,(H,54,55)/b10-8-,13-11-,16-14-,19-17-,22-21-. The van der Waals surface area contributed by atoms with Crippen molar-refractivity contribution in [1.29, 1.82) is 0 Å². The van der Waals surface area contributed by atoms with Gasteiger partial charge in [0.2, 0.25) is 0 Å². The molecule has 6 N–H and O–H groups in total. The molecular formula is C47H83O12P. The molecule has 0 radical (unpaired) electrons. The first-order valence-corrected chi connectivity index (χ1v) is 24.6. The average Bonchev–Trinajstić information content (AvgIpc) is 3.23.